The van der Waals surface area contributed by atoms with Gasteiger partial charge < -0.3 is 0 Å². The van der Waals surface area contributed by atoms with Gasteiger partial charge >= 0.3 is 232 Å². The van der Waals surface area contributed by atoms with Gasteiger partial charge in [0.2, 0.25) is 0 Å². The van der Waals surface area contributed by atoms with Crippen molar-refractivity contribution in [3.8, 4) is 0 Å². The van der Waals surface area contributed by atoms with Gasteiger partial charge in [-0.25, -0.2) is 0 Å². The average molecular weight is 669 g/mol. The Kier molecular flexibility index (Phi) is 11.4. The summed E-state index contributed by atoms with van der Waals surface area (Å²) in [6, 6.07) is 1.75. The van der Waals surface area contributed by atoms with Crippen LogP contribution >= 0.6 is 0 Å². The molecule has 1 aromatic carbocycles. The first-order valence-electron chi connectivity index (χ1n) is 14.0. The molecule has 220 valence electrons. The molecule has 0 spiro atoms. The van der Waals surface area contributed by atoms with E-state index in [9.17, 15) is 26.3 Å². The van der Waals surface area contributed by atoms with E-state index in [2.05, 4.69) is 30.9 Å². The van der Waals surface area contributed by atoms with Gasteiger partial charge in [-0.15, -0.1) is 0 Å². The Morgan fingerprint density at radius 2 is 1.28 bits per heavy atom. The van der Waals surface area contributed by atoms with Gasteiger partial charge in [0.25, 0.3) is 0 Å². The Hall–Kier alpha value is -1.50. The van der Waals surface area contributed by atoms with Crippen LogP contribution in [0.2, 0.25) is 13.3 Å². The van der Waals surface area contributed by atoms with Crippen molar-refractivity contribution in [2.45, 2.75) is 91.5 Å². The second-order valence-electron chi connectivity index (χ2n) is 10.5. The average Bonchev–Trinajstić information content (AvgIpc) is 3.31. The van der Waals surface area contributed by atoms with Gasteiger partial charge in [0.05, 0.1) is 0 Å². The number of benzene rings is 1. The standard InChI is InChI=1S/C15H13F6N4O.3C4H9.Sn/c16-14(17,18)11-5-10(6-12(7-11)15(19,20)21)9-25-13(8-22-23-25)24-1-3-26-4-2-24;3*1-3-4-2;/h5-7H,1-4,9H2;3*1,3-4H2,2H3;. The Bertz CT molecular complexity index is 996. The van der Waals surface area contributed by atoms with Crippen LogP contribution < -0.4 is 8.61 Å². The number of nitrogens with zero attached hydrogens (tertiary/aromatic N) is 4. The molecule has 0 aliphatic carbocycles. The maximum atomic E-state index is 13.5. The Balaban J connectivity index is 2.16. The SMILES string of the molecule is CCC[CH2][Sn]([CH2]CCC)([CH2]CCC)[c]1nnn(Cc2cc(C(F)(F)F)cc(C(F)(F)F)c2)c1N1CCOCC1. The number of anilines is 1. The molecule has 1 aliphatic heterocycles. The third kappa shape index (κ3) is 8.26. The number of hydrogen-bond donors (Lipinski definition) is 0. The van der Waals surface area contributed by atoms with Crippen molar-refractivity contribution in [2.24, 2.45) is 0 Å². The molecule has 2 aromatic rings. The number of aromatic nitrogens is 3. The molecule has 0 amide bonds. The summed E-state index contributed by atoms with van der Waals surface area (Å²) in [6.07, 6.45) is -3.37. The Labute approximate surface area is 231 Å². The monoisotopic (exact) mass is 670 g/mol. The van der Waals surface area contributed by atoms with Crippen LogP contribution in [0.1, 0.15) is 76.0 Å². The minimum absolute atomic E-state index is 0.0976. The molecule has 0 bridgehead atoms. The predicted molar refractivity (Wildman–Crippen MR) is 143 cm³/mol. The topological polar surface area (TPSA) is 43.2 Å². The molecular formula is C27H40F6N4OSn. The molecule has 12 heteroatoms. The van der Waals surface area contributed by atoms with E-state index in [1.165, 1.54) is 0 Å². The molecule has 0 atom stereocenters. The molecule has 1 aromatic heterocycles. The third-order valence-corrected chi connectivity index (χ3v) is 22.5. The van der Waals surface area contributed by atoms with Crippen LogP contribution in [0.5, 0.6) is 0 Å². The first-order chi connectivity index (χ1) is 18.4. The van der Waals surface area contributed by atoms with Gasteiger partial charge in [0.15, 0.2) is 0 Å². The van der Waals surface area contributed by atoms with E-state index in [1.54, 1.807) is 4.68 Å². The quantitative estimate of drug-likeness (QED) is 0.167. The van der Waals surface area contributed by atoms with Crippen LogP contribution in [0.3, 0.4) is 0 Å². The van der Waals surface area contributed by atoms with Gasteiger partial charge in [0.1, 0.15) is 0 Å². The van der Waals surface area contributed by atoms with Crippen molar-refractivity contribution in [1.29, 1.82) is 0 Å². The normalized spacial score (nSPS) is 15.3. The molecule has 5 nitrogen and oxygen atoms in total. The fraction of sp³-hybridized carbons (Fsp3) is 0.704. The summed E-state index contributed by atoms with van der Waals surface area (Å²) in [5, 5.41) is 9.18. The van der Waals surface area contributed by atoms with Crippen molar-refractivity contribution in [1.82, 2.24) is 15.0 Å². The van der Waals surface area contributed by atoms with E-state index < -0.39 is 41.9 Å². The molecule has 39 heavy (non-hydrogen) atoms. The van der Waals surface area contributed by atoms with E-state index in [0.29, 0.717) is 26.3 Å². The first-order valence-corrected chi connectivity index (χ1v) is 21.5. The molecule has 3 rings (SSSR count). The summed E-state index contributed by atoms with van der Waals surface area (Å²) in [4.78, 5) is 2.13. The molecule has 0 N–H and O–H groups in total. The molecule has 1 aliphatic rings. The molecule has 0 saturated carbocycles. The van der Waals surface area contributed by atoms with Gasteiger partial charge in [-0.05, 0) is 0 Å². The number of rotatable bonds is 13. The fourth-order valence-electron chi connectivity index (χ4n) is 5.41. The number of alkyl halides is 6. The summed E-state index contributed by atoms with van der Waals surface area (Å²) < 4.78 is 92.7. The second-order valence-corrected chi connectivity index (χ2v) is 23.5. The number of hydrogen-bond acceptors (Lipinski definition) is 4. The van der Waals surface area contributed by atoms with Gasteiger partial charge in [-0.2, -0.15) is 0 Å². The summed E-state index contributed by atoms with van der Waals surface area (Å²) in [7, 11) is 0. The minimum atomic E-state index is -4.90. The maximum absolute atomic E-state index is 13.5. The van der Waals surface area contributed by atoms with Crippen LogP contribution in [0.25, 0.3) is 0 Å². The summed E-state index contributed by atoms with van der Waals surface area (Å²) in [5.74, 6) is 0.781. The Morgan fingerprint density at radius 1 is 0.795 bits per heavy atom. The van der Waals surface area contributed by atoms with Gasteiger partial charge in [-0.3, -0.25) is 0 Å². The molecule has 1 fully saturated rings. The zero-order valence-electron chi connectivity index (χ0n) is 23.1. The summed E-state index contributed by atoms with van der Waals surface area (Å²) >= 11 is -3.16. The molecular weight excluding hydrogens is 629 g/mol. The van der Waals surface area contributed by atoms with E-state index in [4.69, 9.17) is 9.84 Å². The third-order valence-electron chi connectivity index (χ3n) is 7.53. The molecule has 0 radical (unpaired) electrons. The van der Waals surface area contributed by atoms with Crippen LogP contribution in [-0.2, 0) is 23.6 Å². The van der Waals surface area contributed by atoms with Crippen molar-refractivity contribution in [2.75, 3.05) is 31.2 Å². The van der Waals surface area contributed by atoms with Crippen LogP contribution in [0.4, 0.5) is 32.2 Å². The van der Waals surface area contributed by atoms with Crippen LogP contribution in [0.15, 0.2) is 18.2 Å². The molecule has 2 heterocycles. The van der Waals surface area contributed by atoms with Crippen molar-refractivity contribution in [3.05, 3.63) is 34.9 Å². The first kappa shape index (κ1) is 32.0. The van der Waals surface area contributed by atoms with Crippen molar-refractivity contribution in [3.63, 3.8) is 0 Å². The number of halogens is 6. The summed E-state index contributed by atoms with van der Waals surface area (Å²) in [6.45, 7) is 8.43. The fourth-order valence-corrected chi connectivity index (χ4v) is 21.3. The molecule has 0 unspecified atom stereocenters. The van der Waals surface area contributed by atoms with Gasteiger partial charge in [0, 0.05) is 0 Å². The van der Waals surface area contributed by atoms with E-state index in [0.717, 1.165) is 73.5 Å². The zero-order chi connectivity index (χ0) is 28.7. The second kappa shape index (κ2) is 13.9. The Morgan fingerprint density at radius 3 is 1.72 bits per heavy atom. The van der Waals surface area contributed by atoms with E-state index >= 15 is 0 Å². The van der Waals surface area contributed by atoms with Crippen LogP contribution in [-0.4, -0.2) is 59.7 Å². The van der Waals surface area contributed by atoms with Gasteiger partial charge in [-0.1, -0.05) is 0 Å². The number of unbranched alkanes of at least 4 members (excludes halogenated alkanes) is 3. The number of ether oxygens (including phenoxy) is 1. The van der Waals surface area contributed by atoms with E-state index in [-0.39, 0.29) is 18.2 Å². The van der Waals surface area contributed by atoms with Crippen molar-refractivity contribution < 1.29 is 31.1 Å². The molecule has 1 saturated heterocycles. The van der Waals surface area contributed by atoms with Crippen LogP contribution in [0, 0.1) is 0 Å². The van der Waals surface area contributed by atoms with E-state index in [1.807, 2.05) is 0 Å². The predicted octanol–water partition coefficient (Wildman–Crippen LogP) is 7.26. The zero-order valence-corrected chi connectivity index (χ0v) is 26.0. The van der Waals surface area contributed by atoms with Crippen molar-refractivity contribution >= 4 is 27.9 Å². The summed E-state index contributed by atoms with van der Waals surface area (Å²) in [5.41, 5.74) is -2.73. The number of morpholine rings is 1.